The lowest BCUT2D eigenvalue weighted by atomic mass is 10.0. The number of H-pyrrole nitrogens is 2. The first-order valence-electron chi connectivity index (χ1n) is 7.20. The van der Waals surface area contributed by atoms with Crippen molar-refractivity contribution in [1.82, 2.24) is 9.97 Å². The number of aromatic nitrogens is 2. The van der Waals surface area contributed by atoms with Crippen molar-refractivity contribution in [3.05, 3.63) is 59.9 Å². The van der Waals surface area contributed by atoms with Crippen molar-refractivity contribution in [3.8, 4) is 11.3 Å². The van der Waals surface area contributed by atoms with Gasteiger partial charge in [0.15, 0.2) is 0 Å². The topological polar surface area (TPSA) is 71.0 Å². The molecule has 1 radical (unpaired) electrons. The maximum absolute atomic E-state index is 11.7. The summed E-state index contributed by atoms with van der Waals surface area (Å²) < 4.78 is 10.4. The average Bonchev–Trinajstić information content (AvgIpc) is 3.21. The normalized spacial score (nSPS) is 10.8. The molecule has 0 aliphatic carbocycles. The van der Waals surface area contributed by atoms with E-state index in [0.717, 1.165) is 28.1 Å². The van der Waals surface area contributed by atoms with Gasteiger partial charge in [-0.15, -0.1) is 0 Å². The number of furan rings is 1. The highest BCUT2D eigenvalue weighted by molar-refractivity contribution is 5.77. The van der Waals surface area contributed by atoms with Crippen LogP contribution in [0.1, 0.15) is 23.8 Å². The van der Waals surface area contributed by atoms with Gasteiger partial charge in [0.25, 0.3) is 0 Å². The molecular weight excluding hydrogens is 280 g/mol. The Bertz CT molecular complexity index is 738. The number of rotatable bonds is 6. The third-order valence-electron chi connectivity index (χ3n) is 3.44. The summed E-state index contributed by atoms with van der Waals surface area (Å²) in [6, 6.07) is 5.69. The Morgan fingerprint density at radius 1 is 1.41 bits per heavy atom. The van der Waals surface area contributed by atoms with Gasteiger partial charge in [0.2, 0.25) is 0 Å². The van der Waals surface area contributed by atoms with Crippen LogP contribution in [0.5, 0.6) is 0 Å². The van der Waals surface area contributed by atoms with Crippen molar-refractivity contribution >= 4 is 5.97 Å². The Morgan fingerprint density at radius 3 is 3.09 bits per heavy atom. The number of esters is 1. The Balaban J connectivity index is 1.85. The highest BCUT2D eigenvalue weighted by atomic mass is 16.5. The van der Waals surface area contributed by atoms with E-state index >= 15 is 0 Å². The predicted octanol–water partition coefficient (Wildman–Crippen LogP) is 3.10. The predicted molar refractivity (Wildman–Crippen MR) is 81.3 cm³/mol. The minimum Gasteiger partial charge on any atom is -0.469 e. The maximum Gasteiger partial charge on any atom is 0.310 e. The largest absolute Gasteiger partial charge is 0.469 e. The molecule has 3 aromatic rings. The van der Waals surface area contributed by atoms with E-state index in [1.54, 1.807) is 13.2 Å². The second kappa shape index (κ2) is 6.39. The first-order valence-corrected chi connectivity index (χ1v) is 7.20. The molecule has 0 fully saturated rings. The number of ether oxygens (including phenoxy) is 1. The second-order valence-corrected chi connectivity index (χ2v) is 4.92. The zero-order valence-corrected chi connectivity index (χ0v) is 12.3. The number of hydrogen-bond donors (Lipinski definition) is 2. The lowest BCUT2D eigenvalue weighted by Crippen LogP contribution is -2.07. The molecule has 0 saturated carbocycles. The van der Waals surface area contributed by atoms with Gasteiger partial charge in [-0.3, -0.25) is 4.79 Å². The van der Waals surface area contributed by atoms with Crippen LogP contribution < -0.4 is 0 Å². The molecule has 3 aromatic heterocycles. The summed E-state index contributed by atoms with van der Waals surface area (Å²) in [7, 11) is 0. The van der Waals surface area contributed by atoms with Crippen LogP contribution in [0, 0.1) is 6.20 Å². The van der Waals surface area contributed by atoms with Gasteiger partial charge in [-0.1, -0.05) is 0 Å². The van der Waals surface area contributed by atoms with E-state index in [4.69, 9.17) is 9.15 Å². The van der Waals surface area contributed by atoms with E-state index in [0.29, 0.717) is 13.0 Å². The maximum atomic E-state index is 11.7. The summed E-state index contributed by atoms with van der Waals surface area (Å²) in [5.41, 5.74) is 3.79. The van der Waals surface area contributed by atoms with Gasteiger partial charge >= 0.3 is 5.97 Å². The molecule has 113 valence electrons. The molecule has 0 amide bonds. The second-order valence-electron chi connectivity index (χ2n) is 4.92. The molecule has 3 heterocycles. The van der Waals surface area contributed by atoms with Gasteiger partial charge in [0, 0.05) is 24.4 Å². The average molecular weight is 297 g/mol. The molecule has 0 spiro atoms. The highest BCUT2D eigenvalue weighted by Crippen LogP contribution is 2.27. The monoisotopic (exact) mass is 297 g/mol. The lowest BCUT2D eigenvalue weighted by molar-refractivity contribution is -0.142. The van der Waals surface area contributed by atoms with Gasteiger partial charge in [0.1, 0.15) is 5.76 Å². The van der Waals surface area contributed by atoms with Gasteiger partial charge in [-0.05, 0) is 36.2 Å². The molecule has 2 N–H and O–H groups in total. The zero-order chi connectivity index (χ0) is 15.4. The van der Waals surface area contributed by atoms with E-state index in [1.807, 2.05) is 30.6 Å². The SMILES string of the molecule is CCOC(=O)Cc1cc[nH]c1-c1c[nH][c]c1Cc1ccco1. The van der Waals surface area contributed by atoms with E-state index in [2.05, 4.69) is 16.2 Å². The van der Waals surface area contributed by atoms with Crippen LogP contribution in [-0.4, -0.2) is 22.5 Å². The summed E-state index contributed by atoms with van der Waals surface area (Å²) >= 11 is 0. The molecular formula is C17H17N2O3. The number of carbonyl (C=O) groups excluding carboxylic acids is 1. The van der Waals surface area contributed by atoms with Crippen LogP contribution in [0.25, 0.3) is 11.3 Å². The summed E-state index contributed by atoms with van der Waals surface area (Å²) in [5.74, 6) is 0.644. The Kier molecular flexibility index (Phi) is 4.14. The Labute approximate surface area is 128 Å². The van der Waals surface area contributed by atoms with E-state index in [9.17, 15) is 4.79 Å². The number of aromatic amines is 2. The first kappa shape index (κ1) is 14.3. The van der Waals surface area contributed by atoms with Crippen molar-refractivity contribution in [2.24, 2.45) is 0 Å². The molecule has 0 aromatic carbocycles. The fourth-order valence-corrected chi connectivity index (χ4v) is 2.47. The summed E-state index contributed by atoms with van der Waals surface area (Å²) in [6.07, 6.45) is 9.36. The summed E-state index contributed by atoms with van der Waals surface area (Å²) in [4.78, 5) is 17.9. The molecule has 0 aliphatic rings. The molecule has 22 heavy (non-hydrogen) atoms. The Hall–Kier alpha value is -2.69. The molecule has 0 bridgehead atoms. The molecule has 3 rings (SSSR count). The van der Waals surface area contributed by atoms with Crippen molar-refractivity contribution in [3.63, 3.8) is 0 Å². The molecule has 5 nitrogen and oxygen atoms in total. The van der Waals surface area contributed by atoms with Crippen molar-refractivity contribution < 1.29 is 13.9 Å². The quantitative estimate of drug-likeness (QED) is 0.687. The van der Waals surface area contributed by atoms with Crippen LogP contribution >= 0.6 is 0 Å². The minimum atomic E-state index is -0.226. The summed E-state index contributed by atoms with van der Waals surface area (Å²) in [6.45, 7) is 2.19. The van der Waals surface area contributed by atoms with E-state index < -0.39 is 0 Å². The number of nitrogens with one attached hydrogen (secondary N) is 2. The fourth-order valence-electron chi connectivity index (χ4n) is 2.47. The third-order valence-corrected chi connectivity index (χ3v) is 3.44. The van der Waals surface area contributed by atoms with Crippen molar-refractivity contribution in [2.75, 3.05) is 6.61 Å². The van der Waals surface area contributed by atoms with Crippen LogP contribution in [0.3, 0.4) is 0 Å². The van der Waals surface area contributed by atoms with Gasteiger partial charge in [-0.25, -0.2) is 0 Å². The van der Waals surface area contributed by atoms with Crippen molar-refractivity contribution in [1.29, 1.82) is 0 Å². The molecule has 0 saturated heterocycles. The number of hydrogen-bond acceptors (Lipinski definition) is 3. The zero-order valence-electron chi connectivity index (χ0n) is 12.3. The first-order chi connectivity index (χ1) is 10.8. The van der Waals surface area contributed by atoms with Crippen LogP contribution in [0.2, 0.25) is 0 Å². The standard InChI is InChI=1S/C17H17N2O3/c1-2-21-16(20)9-12-5-6-19-17(12)15-11-18-10-13(15)8-14-4-3-7-22-14/h3-7,11,18-19H,2,8-9H2,1H3. The minimum absolute atomic E-state index is 0.226. The van der Waals surface area contributed by atoms with E-state index in [-0.39, 0.29) is 12.4 Å². The fraction of sp³-hybridized carbons (Fsp3) is 0.235. The van der Waals surface area contributed by atoms with Crippen LogP contribution in [0.4, 0.5) is 0 Å². The molecule has 0 aliphatic heterocycles. The van der Waals surface area contributed by atoms with Gasteiger partial charge in [0.05, 0.1) is 31.2 Å². The van der Waals surface area contributed by atoms with Crippen molar-refractivity contribution in [2.45, 2.75) is 19.8 Å². The molecule has 0 atom stereocenters. The number of carbonyl (C=O) groups is 1. The highest BCUT2D eigenvalue weighted by Gasteiger charge is 2.16. The smallest absolute Gasteiger partial charge is 0.310 e. The van der Waals surface area contributed by atoms with Crippen LogP contribution in [0.15, 0.2) is 41.3 Å². The van der Waals surface area contributed by atoms with E-state index in [1.165, 1.54) is 0 Å². The third kappa shape index (κ3) is 2.98. The Morgan fingerprint density at radius 2 is 2.32 bits per heavy atom. The van der Waals surface area contributed by atoms with Crippen LogP contribution in [-0.2, 0) is 22.4 Å². The molecule has 0 unspecified atom stereocenters. The lowest BCUT2D eigenvalue weighted by Gasteiger charge is -2.05. The molecule has 5 heteroatoms. The summed E-state index contributed by atoms with van der Waals surface area (Å²) in [5, 5.41) is 0. The van der Waals surface area contributed by atoms with Gasteiger partial charge in [-0.2, -0.15) is 0 Å². The van der Waals surface area contributed by atoms with Gasteiger partial charge < -0.3 is 19.1 Å².